The zero-order valence-electron chi connectivity index (χ0n) is 10.4. The molecule has 3 rings (SSSR count). The summed E-state index contributed by atoms with van der Waals surface area (Å²) in [5.74, 6) is 0. The Kier molecular flexibility index (Phi) is 3.01. The smallest absolute Gasteiger partial charge is 0.211 e. The van der Waals surface area contributed by atoms with Gasteiger partial charge in [0, 0.05) is 11.3 Å². The Morgan fingerprint density at radius 3 is 2.84 bits per heavy atom. The van der Waals surface area contributed by atoms with Crippen LogP contribution in [0.2, 0.25) is 0 Å². The Morgan fingerprint density at radius 2 is 2.05 bits per heavy atom. The fourth-order valence-electron chi connectivity index (χ4n) is 1.97. The Labute approximate surface area is 114 Å². The van der Waals surface area contributed by atoms with Crippen LogP contribution in [-0.2, 0) is 4.79 Å². The van der Waals surface area contributed by atoms with E-state index in [9.17, 15) is 4.79 Å². The lowest BCUT2D eigenvalue weighted by atomic mass is 10.1. The number of anilines is 1. The number of fused-ring (bicyclic) bond motifs is 1. The lowest BCUT2D eigenvalue weighted by Crippen LogP contribution is -1.96. The van der Waals surface area contributed by atoms with Gasteiger partial charge >= 0.3 is 0 Å². The first kappa shape index (κ1) is 11.9. The van der Waals surface area contributed by atoms with E-state index in [0.29, 0.717) is 6.41 Å². The zero-order valence-corrected chi connectivity index (χ0v) is 11.2. The van der Waals surface area contributed by atoms with Crippen molar-refractivity contribution in [3.63, 3.8) is 0 Å². The molecule has 0 bridgehead atoms. The molecule has 0 aliphatic carbocycles. The van der Waals surface area contributed by atoms with E-state index in [1.54, 1.807) is 11.3 Å². The van der Waals surface area contributed by atoms with Crippen LogP contribution in [-0.4, -0.2) is 11.4 Å². The van der Waals surface area contributed by atoms with Crippen molar-refractivity contribution in [3.8, 4) is 10.6 Å². The molecular weight excluding hydrogens is 256 g/mol. The first-order valence-electron chi connectivity index (χ1n) is 5.95. The van der Waals surface area contributed by atoms with Crippen molar-refractivity contribution < 1.29 is 4.79 Å². The van der Waals surface area contributed by atoms with Crippen molar-refractivity contribution >= 4 is 33.7 Å². The number of nitrogens with one attached hydrogen (secondary N) is 1. The summed E-state index contributed by atoms with van der Waals surface area (Å²) < 4.78 is 1.17. The van der Waals surface area contributed by atoms with E-state index in [-0.39, 0.29) is 0 Å². The lowest BCUT2D eigenvalue weighted by Gasteiger charge is -2.05. The van der Waals surface area contributed by atoms with Crippen LogP contribution in [0.1, 0.15) is 5.56 Å². The molecule has 0 saturated carbocycles. The number of para-hydroxylation sites is 1. The second-order valence-electron chi connectivity index (χ2n) is 4.28. The highest BCUT2D eigenvalue weighted by Gasteiger charge is 2.07. The maximum Gasteiger partial charge on any atom is 0.211 e. The highest BCUT2D eigenvalue weighted by atomic mass is 32.1. The Hall–Kier alpha value is -2.20. The van der Waals surface area contributed by atoms with Crippen molar-refractivity contribution in [2.75, 3.05) is 5.32 Å². The number of hydrogen-bond donors (Lipinski definition) is 1. The zero-order chi connectivity index (χ0) is 13.2. The van der Waals surface area contributed by atoms with Gasteiger partial charge in [-0.15, -0.1) is 11.3 Å². The van der Waals surface area contributed by atoms with Gasteiger partial charge in [0.25, 0.3) is 0 Å². The number of carbonyl (C=O) groups is 1. The van der Waals surface area contributed by atoms with Gasteiger partial charge in [-0.2, -0.15) is 0 Å². The topological polar surface area (TPSA) is 42.0 Å². The second kappa shape index (κ2) is 4.82. The van der Waals surface area contributed by atoms with Gasteiger partial charge in [-0.25, -0.2) is 4.98 Å². The van der Waals surface area contributed by atoms with Gasteiger partial charge in [-0.05, 0) is 30.7 Å². The average Bonchev–Trinajstić information content (AvgIpc) is 2.85. The van der Waals surface area contributed by atoms with Crippen LogP contribution in [0.15, 0.2) is 42.5 Å². The summed E-state index contributed by atoms with van der Waals surface area (Å²) in [5, 5.41) is 3.68. The van der Waals surface area contributed by atoms with Crippen LogP contribution >= 0.6 is 11.3 Å². The van der Waals surface area contributed by atoms with E-state index in [2.05, 4.69) is 16.4 Å². The quantitative estimate of drug-likeness (QED) is 0.733. The Bertz CT molecular complexity index is 716. The van der Waals surface area contributed by atoms with E-state index >= 15 is 0 Å². The number of nitrogens with zero attached hydrogens (tertiary/aromatic N) is 1. The summed E-state index contributed by atoms with van der Waals surface area (Å²) >= 11 is 1.66. The highest BCUT2D eigenvalue weighted by Crippen LogP contribution is 2.32. The third-order valence-electron chi connectivity index (χ3n) is 2.99. The number of aromatic nitrogens is 1. The van der Waals surface area contributed by atoms with Crippen molar-refractivity contribution in [3.05, 3.63) is 48.0 Å². The fraction of sp³-hybridized carbons (Fsp3) is 0.0667. The summed E-state index contributed by atoms with van der Waals surface area (Å²) in [5.41, 5.74) is 3.90. The molecule has 0 atom stereocenters. The van der Waals surface area contributed by atoms with Crippen LogP contribution in [0.4, 0.5) is 5.69 Å². The number of benzene rings is 2. The minimum Gasteiger partial charge on any atom is -0.328 e. The van der Waals surface area contributed by atoms with Gasteiger partial charge in [0.2, 0.25) is 6.41 Å². The predicted molar refractivity (Wildman–Crippen MR) is 79.5 cm³/mol. The normalized spacial score (nSPS) is 10.6. The Balaban J connectivity index is 2.10. The molecule has 1 heterocycles. The maximum atomic E-state index is 10.6. The van der Waals surface area contributed by atoms with Gasteiger partial charge < -0.3 is 5.32 Å². The minimum atomic E-state index is 0.699. The van der Waals surface area contributed by atoms with Crippen LogP contribution in [0, 0.1) is 6.92 Å². The largest absolute Gasteiger partial charge is 0.328 e. The molecule has 3 aromatic rings. The van der Waals surface area contributed by atoms with Gasteiger partial charge in [0.1, 0.15) is 5.01 Å². The molecule has 3 nitrogen and oxygen atoms in total. The number of carbonyl (C=O) groups excluding carboxylic acids is 1. The van der Waals surface area contributed by atoms with Crippen molar-refractivity contribution in [1.82, 2.24) is 4.98 Å². The van der Waals surface area contributed by atoms with Crippen molar-refractivity contribution in [1.29, 1.82) is 0 Å². The molecular formula is C15H12N2OS. The standard InChI is InChI=1S/C15H12N2OS/c1-10-6-7-11(8-13(10)16-9-18)15-17-12-4-2-3-5-14(12)19-15/h2-9H,1H3,(H,16,18). The van der Waals surface area contributed by atoms with E-state index in [4.69, 9.17) is 0 Å². The number of rotatable bonds is 3. The number of aryl methyl sites for hydroxylation is 1. The summed E-state index contributed by atoms with van der Waals surface area (Å²) in [7, 11) is 0. The molecule has 0 aliphatic heterocycles. The van der Waals surface area contributed by atoms with Crippen LogP contribution in [0.3, 0.4) is 0 Å². The molecule has 0 saturated heterocycles. The van der Waals surface area contributed by atoms with Crippen LogP contribution in [0.25, 0.3) is 20.8 Å². The van der Waals surface area contributed by atoms with Crippen molar-refractivity contribution in [2.24, 2.45) is 0 Å². The number of amides is 1. The molecule has 0 fully saturated rings. The van der Waals surface area contributed by atoms with Gasteiger partial charge in [-0.3, -0.25) is 4.79 Å². The molecule has 0 spiro atoms. The van der Waals surface area contributed by atoms with Crippen molar-refractivity contribution in [2.45, 2.75) is 6.92 Å². The summed E-state index contributed by atoms with van der Waals surface area (Å²) in [6.45, 7) is 1.97. The fourth-order valence-corrected chi connectivity index (χ4v) is 2.93. The minimum absolute atomic E-state index is 0.699. The molecule has 4 heteroatoms. The molecule has 1 aromatic heterocycles. The van der Waals surface area contributed by atoms with E-state index in [0.717, 1.165) is 27.3 Å². The molecule has 1 N–H and O–H groups in total. The molecule has 0 radical (unpaired) electrons. The van der Waals surface area contributed by atoms with E-state index < -0.39 is 0 Å². The summed E-state index contributed by atoms with van der Waals surface area (Å²) in [6, 6.07) is 14.1. The number of hydrogen-bond acceptors (Lipinski definition) is 3. The summed E-state index contributed by atoms with van der Waals surface area (Å²) in [6.07, 6.45) is 0.699. The van der Waals surface area contributed by atoms with E-state index in [1.807, 2.05) is 43.3 Å². The number of thiazole rings is 1. The van der Waals surface area contributed by atoms with Gasteiger partial charge in [-0.1, -0.05) is 24.3 Å². The predicted octanol–water partition coefficient (Wildman–Crippen LogP) is 3.84. The monoisotopic (exact) mass is 268 g/mol. The second-order valence-corrected chi connectivity index (χ2v) is 5.31. The molecule has 1 amide bonds. The van der Waals surface area contributed by atoms with E-state index in [1.165, 1.54) is 4.70 Å². The van der Waals surface area contributed by atoms with Gasteiger partial charge in [0.05, 0.1) is 10.2 Å². The molecule has 0 aliphatic rings. The van der Waals surface area contributed by atoms with Gasteiger partial charge in [0.15, 0.2) is 0 Å². The first-order valence-corrected chi connectivity index (χ1v) is 6.76. The molecule has 0 unspecified atom stereocenters. The third kappa shape index (κ3) is 2.22. The van der Waals surface area contributed by atoms with Crippen LogP contribution < -0.4 is 5.32 Å². The average molecular weight is 268 g/mol. The molecule has 2 aromatic carbocycles. The lowest BCUT2D eigenvalue weighted by molar-refractivity contribution is -0.105. The summed E-state index contributed by atoms with van der Waals surface area (Å²) in [4.78, 5) is 15.2. The maximum absolute atomic E-state index is 10.6. The molecule has 19 heavy (non-hydrogen) atoms. The highest BCUT2D eigenvalue weighted by molar-refractivity contribution is 7.21. The molecule has 94 valence electrons. The SMILES string of the molecule is Cc1ccc(-c2nc3ccccc3s2)cc1NC=O. The Morgan fingerprint density at radius 1 is 1.21 bits per heavy atom. The van der Waals surface area contributed by atoms with Crippen LogP contribution in [0.5, 0.6) is 0 Å². The first-order chi connectivity index (χ1) is 9.28. The third-order valence-corrected chi connectivity index (χ3v) is 4.08.